The summed E-state index contributed by atoms with van der Waals surface area (Å²) in [6.45, 7) is 0. The number of fused-ring (bicyclic) bond motifs is 1. The number of hydrogen-bond donors (Lipinski definition) is 3. The summed E-state index contributed by atoms with van der Waals surface area (Å²) in [4.78, 5) is 24.4. The predicted molar refractivity (Wildman–Crippen MR) is 115 cm³/mol. The van der Waals surface area contributed by atoms with Gasteiger partial charge >= 0.3 is 5.97 Å². The summed E-state index contributed by atoms with van der Waals surface area (Å²) in [7, 11) is 0. The van der Waals surface area contributed by atoms with Gasteiger partial charge in [-0.3, -0.25) is 9.59 Å². The van der Waals surface area contributed by atoms with Crippen LogP contribution >= 0.6 is 11.3 Å². The number of benzene rings is 2. The number of rotatable bonds is 10. The Bertz CT molecular complexity index is 1000. The van der Waals surface area contributed by atoms with Crippen LogP contribution in [0.25, 0.3) is 20.5 Å². The van der Waals surface area contributed by atoms with Crippen molar-refractivity contribution in [3.63, 3.8) is 0 Å². The maximum Gasteiger partial charge on any atom is 0.303 e. The topological polar surface area (TPSA) is 94.8 Å². The SMILES string of the molecule is O=C(O)CCCCCCCC(=O)c1c(-c2ccc(O)cc2)sc2cc(O)ccc12. The molecule has 0 bridgehead atoms. The number of hydrogen-bond acceptors (Lipinski definition) is 5. The Morgan fingerprint density at radius 1 is 0.793 bits per heavy atom. The van der Waals surface area contributed by atoms with Gasteiger partial charge in [-0.25, -0.2) is 0 Å². The molecule has 29 heavy (non-hydrogen) atoms. The van der Waals surface area contributed by atoms with E-state index in [2.05, 4.69) is 0 Å². The van der Waals surface area contributed by atoms with Crippen molar-refractivity contribution < 1.29 is 24.9 Å². The van der Waals surface area contributed by atoms with Gasteiger partial charge in [0.1, 0.15) is 11.5 Å². The van der Waals surface area contributed by atoms with Crippen molar-refractivity contribution in [2.45, 2.75) is 44.9 Å². The lowest BCUT2D eigenvalue weighted by Gasteiger charge is -2.06. The third-order valence-corrected chi connectivity index (χ3v) is 6.08. The molecule has 0 aliphatic heterocycles. The Hall–Kier alpha value is -2.86. The van der Waals surface area contributed by atoms with Crippen LogP contribution in [0.1, 0.15) is 55.3 Å². The van der Waals surface area contributed by atoms with Crippen molar-refractivity contribution in [1.29, 1.82) is 0 Å². The number of aliphatic carboxylic acids is 1. The zero-order valence-electron chi connectivity index (χ0n) is 16.1. The summed E-state index contributed by atoms with van der Waals surface area (Å²) < 4.78 is 0.852. The van der Waals surface area contributed by atoms with Crippen LogP contribution in [0.3, 0.4) is 0 Å². The van der Waals surface area contributed by atoms with Crippen LogP contribution in [-0.4, -0.2) is 27.1 Å². The summed E-state index contributed by atoms with van der Waals surface area (Å²) in [6, 6.07) is 11.8. The highest BCUT2D eigenvalue weighted by atomic mass is 32.1. The average Bonchev–Trinajstić information content (AvgIpc) is 3.06. The van der Waals surface area contributed by atoms with Crippen LogP contribution in [0, 0.1) is 0 Å². The molecule has 1 aromatic heterocycles. The minimum absolute atomic E-state index is 0.0653. The first-order valence-corrected chi connectivity index (χ1v) is 10.6. The van der Waals surface area contributed by atoms with E-state index >= 15 is 0 Å². The number of carboxylic acids is 1. The molecule has 0 radical (unpaired) electrons. The second-order valence-corrected chi connectivity index (χ2v) is 8.17. The molecule has 5 nitrogen and oxygen atoms in total. The summed E-state index contributed by atoms with van der Waals surface area (Å²) >= 11 is 1.46. The van der Waals surface area contributed by atoms with Gasteiger partial charge in [-0.2, -0.15) is 0 Å². The van der Waals surface area contributed by atoms with Crippen molar-refractivity contribution in [3.8, 4) is 21.9 Å². The zero-order valence-corrected chi connectivity index (χ0v) is 16.9. The Balaban J connectivity index is 1.74. The van der Waals surface area contributed by atoms with Crippen molar-refractivity contribution in [1.82, 2.24) is 0 Å². The van der Waals surface area contributed by atoms with Crippen LogP contribution in [0.15, 0.2) is 42.5 Å². The Morgan fingerprint density at radius 3 is 2.10 bits per heavy atom. The van der Waals surface area contributed by atoms with Crippen LogP contribution < -0.4 is 0 Å². The first-order valence-electron chi connectivity index (χ1n) is 9.75. The monoisotopic (exact) mass is 412 g/mol. The van der Waals surface area contributed by atoms with Crippen molar-refractivity contribution in [2.75, 3.05) is 0 Å². The molecule has 3 N–H and O–H groups in total. The first kappa shape index (κ1) is 20.9. The Labute approximate surface area is 173 Å². The van der Waals surface area contributed by atoms with Crippen LogP contribution in [-0.2, 0) is 4.79 Å². The molecular formula is C23H24O5S. The average molecular weight is 413 g/mol. The highest BCUT2D eigenvalue weighted by molar-refractivity contribution is 7.22. The van der Waals surface area contributed by atoms with E-state index in [1.54, 1.807) is 42.5 Å². The number of carbonyl (C=O) groups excluding carboxylic acids is 1. The van der Waals surface area contributed by atoms with Gasteiger partial charge in [-0.15, -0.1) is 11.3 Å². The van der Waals surface area contributed by atoms with Crippen molar-refractivity contribution >= 4 is 33.2 Å². The normalized spacial score (nSPS) is 11.0. The second kappa shape index (κ2) is 9.56. The van der Waals surface area contributed by atoms with Gasteiger partial charge in [0.2, 0.25) is 0 Å². The molecular weight excluding hydrogens is 388 g/mol. The van der Waals surface area contributed by atoms with E-state index in [1.165, 1.54) is 11.3 Å². The number of carbonyl (C=O) groups is 2. The highest BCUT2D eigenvalue weighted by Gasteiger charge is 2.20. The molecule has 3 aromatic rings. The molecule has 152 valence electrons. The molecule has 2 aromatic carbocycles. The number of ketones is 1. The number of thiophene rings is 1. The van der Waals surface area contributed by atoms with Gasteiger partial charge in [0, 0.05) is 33.4 Å². The fourth-order valence-electron chi connectivity index (χ4n) is 3.40. The van der Waals surface area contributed by atoms with Gasteiger partial charge < -0.3 is 15.3 Å². The lowest BCUT2D eigenvalue weighted by Crippen LogP contribution is -2.00. The maximum absolute atomic E-state index is 13.1. The van der Waals surface area contributed by atoms with Crippen LogP contribution in [0.4, 0.5) is 0 Å². The zero-order chi connectivity index (χ0) is 20.8. The van der Waals surface area contributed by atoms with Gasteiger partial charge in [-0.1, -0.05) is 19.3 Å². The molecule has 1 heterocycles. The molecule has 0 amide bonds. The van der Waals surface area contributed by atoms with E-state index in [1.807, 2.05) is 0 Å². The number of aromatic hydroxyl groups is 2. The van der Waals surface area contributed by atoms with E-state index in [0.717, 1.165) is 46.2 Å². The molecule has 0 aliphatic rings. The van der Waals surface area contributed by atoms with E-state index in [4.69, 9.17) is 5.11 Å². The van der Waals surface area contributed by atoms with E-state index in [-0.39, 0.29) is 23.7 Å². The lowest BCUT2D eigenvalue weighted by atomic mass is 9.98. The molecule has 0 atom stereocenters. The molecule has 6 heteroatoms. The first-order chi connectivity index (χ1) is 14.0. The van der Waals surface area contributed by atoms with E-state index in [9.17, 15) is 19.8 Å². The number of phenols is 2. The Kier molecular flexibility index (Phi) is 6.88. The Morgan fingerprint density at radius 2 is 1.41 bits per heavy atom. The molecule has 0 fully saturated rings. The van der Waals surface area contributed by atoms with Crippen molar-refractivity contribution in [2.24, 2.45) is 0 Å². The third kappa shape index (κ3) is 5.35. The standard InChI is InChI=1S/C23H24O5S/c24-16-10-8-15(9-11-16)23-22(18-13-12-17(25)14-20(18)29-23)19(26)6-4-2-1-3-5-7-21(27)28/h8-14,24-25H,1-7H2,(H,27,28). The summed E-state index contributed by atoms with van der Waals surface area (Å²) in [5.74, 6) is -0.368. The van der Waals surface area contributed by atoms with E-state index in [0.29, 0.717) is 18.4 Å². The van der Waals surface area contributed by atoms with Gasteiger partial charge in [0.05, 0.1) is 0 Å². The molecule has 0 spiro atoms. The fraction of sp³-hybridized carbons (Fsp3) is 0.304. The van der Waals surface area contributed by atoms with Gasteiger partial charge in [0.15, 0.2) is 5.78 Å². The van der Waals surface area contributed by atoms with Crippen LogP contribution in [0.2, 0.25) is 0 Å². The van der Waals surface area contributed by atoms with Crippen LogP contribution in [0.5, 0.6) is 11.5 Å². The molecule has 0 aliphatic carbocycles. The predicted octanol–water partition coefficient (Wildman–Crippen LogP) is 5.98. The number of unbranched alkanes of at least 4 members (excludes halogenated alkanes) is 4. The summed E-state index contributed by atoms with van der Waals surface area (Å²) in [5, 5.41) is 28.9. The van der Waals surface area contributed by atoms with Gasteiger partial charge in [0.25, 0.3) is 0 Å². The van der Waals surface area contributed by atoms with Crippen molar-refractivity contribution in [3.05, 3.63) is 48.0 Å². The van der Waals surface area contributed by atoms with E-state index < -0.39 is 5.97 Å². The lowest BCUT2D eigenvalue weighted by molar-refractivity contribution is -0.137. The minimum atomic E-state index is -0.766. The summed E-state index contributed by atoms with van der Waals surface area (Å²) in [5.41, 5.74) is 1.53. The number of Topliss-reactive ketones (excluding diaryl/α,β-unsaturated/α-hetero) is 1. The quantitative estimate of drug-likeness (QED) is 0.281. The summed E-state index contributed by atoms with van der Waals surface area (Å²) in [6.07, 6.45) is 4.73. The van der Waals surface area contributed by atoms with Gasteiger partial charge in [-0.05, 0) is 60.9 Å². The molecule has 0 saturated carbocycles. The smallest absolute Gasteiger partial charge is 0.303 e. The minimum Gasteiger partial charge on any atom is -0.508 e. The highest BCUT2D eigenvalue weighted by Crippen LogP contribution is 2.41. The second-order valence-electron chi connectivity index (χ2n) is 7.12. The maximum atomic E-state index is 13.1. The molecule has 0 saturated heterocycles. The largest absolute Gasteiger partial charge is 0.508 e. The number of phenolic OH excluding ortho intramolecular Hbond substituents is 2. The third-order valence-electron chi connectivity index (χ3n) is 4.88. The fourth-order valence-corrected chi connectivity index (χ4v) is 4.65. The number of carboxylic acid groups (broad SMARTS) is 1. The molecule has 0 unspecified atom stereocenters. The molecule has 3 rings (SSSR count).